The minimum atomic E-state index is -3.80. The number of hydrogen-bond acceptors (Lipinski definition) is 6. The Balaban J connectivity index is 1.54. The maximum absolute atomic E-state index is 14.3. The molecule has 12 heteroatoms. The second-order valence-electron chi connectivity index (χ2n) is 6.40. The summed E-state index contributed by atoms with van der Waals surface area (Å²) in [5.41, 5.74) is -0.0857. The summed E-state index contributed by atoms with van der Waals surface area (Å²) < 4.78 is 45.8. The molecule has 2 aromatic heterocycles. The van der Waals surface area contributed by atoms with Crippen LogP contribution in [0.5, 0.6) is 0 Å². The molecule has 0 spiro atoms. The molecule has 0 aliphatic rings. The van der Waals surface area contributed by atoms with E-state index >= 15 is 0 Å². The van der Waals surface area contributed by atoms with Gasteiger partial charge in [-0.1, -0.05) is 18.2 Å². The number of alkyl halides is 2. The van der Waals surface area contributed by atoms with Crippen LogP contribution in [-0.2, 0) is 23.8 Å². The lowest BCUT2D eigenvalue weighted by atomic mass is 10.2. The molecular formula is C19H17F3N6O2S. The summed E-state index contributed by atoms with van der Waals surface area (Å²) in [6, 6.07) is 9.06. The first-order valence-electron chi connectivity index (χ1n) is 8.92. The summed E-state index contributed by atoms with van der Waals surface area (Å²) in [6.07, 6.45) is 1.18. The van der Waals surface area contributed by atoms with Crippen molar-refractivity contribution in [3.8, 4) is 0 Å². The number of aromatic nitrogens is 3. The summed E-state index contributed by atoms with van der Waals surface area (Å²) in [7, 11) is 1.19. The zero-order valence-corrected chi connectivity index (χ0v) is 17.0. The molecule has 0 atom stereocenters. The Morgan fingerprint density at radius 3 is 2.71 bits per heavy atom. The van der Waals surface area contributed by atoms with Crippen molar-refractivity contribution in [1.82, 2.24) is 24.6 Å². The molecule has 1 aromatic carbocycles. The van der Waals surface area contributed by atoms with Crippen molar-refractivity contribution in [1.29, 1.82) is 0 Å². The first kappa shape index (κ1) is 22.2. The normalized spacial score (nSPS) is 11.1. The number of halogens is 3. The number of nitrogens with one attached hydrogen (secondary N) is 2. The van der Waals surface area contributed by atoms with Gasteiger partial charge in [0, 0.05) is 31.3 Å². The lowest BCUT2D eigenvalue weighted by Gasteiger charge is -2.21. The highest BCUT2D eigenvalue weighted by molar-refractivity contribution is 7.09. The quantitative estimate of drug-likeness (QED) is 0.576. The molecule has 0 bridgehead atoms. The van der Waals surface area contributed by atoms with E-state index in [2.05, 4.69) is 25.0 Å². The number of carbonyl (C=O) groups excluding carboxylic acids is 2. The van der Waals surface area contributed by atoms with E-state index in [1.54, 1.807) is 6.07 Å². The lowest BCUT2D eigenvalue weighted by Crippen LogP contribution is -2.39. The molecule has 3 aromatic rings. The van der Waals surface area contributed by atoms with Crippen LogP contribution in [0.1, 0.15) is 17.1 Å². The number of urea groups is 1. The maximum Gasteiger partial charge on any atom is 0.366 e. The third-order valence-corrected chi connectivity index (χ3v) is 4.68. The second kappa shape index (κ2) is 9.51. The maximum atomic E-state index is 14.3. The van der Waals surface area contributed by atoms with Crippen LogP contribution in [-0.4, -0.2) is 38.2 Å². The zero-order chi connectivity index (χ0) is 22.4. The number of anilines is 1. The van der Waals surface area contributed by atoms with Crippen LogP contribution in [0.15, 0.2) is 48.7 Å². The van der Waals surface area contributed by atoms with Crippen LogP contribution in [0.2, 0.25) is 0 Å². The number of pyridine rings is 1. The Morgan fingerprint density at radius 1 is 1.19 bits per heavy atom. The van der Waals surface area contributed by atoms with Crippen molar-refractivity contribution in [3.63, 3.8) is 0 Å². The van der Waals surface area contributed by atoms with Gasteiger partial charge in [0.15, 0.2) is 5.82 Å². The highest BCUT2D eigenvalue weighted by Crippen LogP contribution is 2.28. The van der Waals surface area contributed by atoms with Crippen molar-refractivity contribution >= 4 is 28.6 Å². The van der Waals surface area contributed by atoms with Crippen molar-refractivity contribution in [2.45, 2.75) is 19.0 Å². The van der Waals surface area contributed by atoms with Gasteiger partial charge in [-0.25, -0.2) is 14.2 Å². The Hall–Kier alpha value is -3.54. The van der Waals surface area contributed by atoms with E-state index in [-0.39, 0.29) is 24.0 Å². The van der Waals surface area contributed by atoms with E-state index in [0.717, 1.165) is 22.5 Å². The van der Waals surface area contributed by atoms with E-state index < -0.39 is 29.4 Å². The van der Waals surface area contributed by atoms with Crippen molar-refractivity contribution in [2.75, 3.05) is 12.4 Å². The molecule has 0 unspecified atom stereocenters. The highest BCUT2D eigenvalue weighted by Gasteiger charge is 2.44. The molecular weight excluding hydrogens is 433 g/mol. The predicted octanol–water partition coefficient (Wildman–Crippen LogP) is 3.14. The van der Waals surface area contributed by atoms with E-state index in [0.29, 0.717) is 5.56 Å². The Bertz CT molecular complexity index is 1060. The molecule has 3 rings (SSSR count). The summed E-state index contributed by atoms with van der Waals surface area (Å²) in [6.45, 7) is -0.195. The number of carbonyl (C=O) groups is 2. The van der Waals surface area contributed by atoms with Crippen LogP contribution in [0.25, 0.3) is 0 Å². The fraction of sp³-hybridized carbons (Fsp3) is 0.211. The van der Waals surface area contributed by atoms with Gasteiger partial charge < -0.3 is 10.2 Å². The molecule has 162 valence electrons. The smallest absolute Gasteiger partial charge is 0.334 e. The summed E-state index contributed by atoms with van der Waals surface area (Å²) >= 11 is 0.829. The Kier molecular flexibility index (Phi) is 6.80. The Morgan fingerprint density at radius 2 is 2.00 bits per heavy atom. The van der Waals surface area contributed by atoms with Gasteiger partial charge >= 0.3 is 12.0 Å². The van der Waals surface area contributed by atoms with Crippen molar-refractivity contribution in [2.24, 2.45) is 0 Å². The number of nitrogens with zero attached hydrogens (tertiary/aromatic N) is 4. The molecule has 0 fully saturated rings. The molecule has 0 aliphatic heterocycles. The number of amides is 3. The highest BCUT2D eigenvalue weighted by atomic mass is 32.1. The first-order valence-corrected chi connectivity index (χ1v) is 9.70. The molecule has 0 radical (unpaired) electrons. The molecule has 3 amide bonds. The van der Waals surface area contributed by atoms with Crippen LogP contribution in [0.3, 0.4) is 0 Å². The Labute approximate surface area is 179 Å². The van der Waals surface area contributed by atoms with Crippen LogP contribution < -0.4 is 10.6 Å². The first-order chi connectivity index (χ1) is 14.8. The van der Waals surface area contributed by atoms with E-state index in [1.165, 1.54) is 43.6 Å². The SMILES string of the molecule is CN(Cc1nsc(NC(=O)NCc2cccc(F)c2)n1)C(=O)C(F)(F)c1ccccn1. The molecule has 0 aliphatic carbocycles. The number of hydrogen-bond donors (Lipinski definition) is 2. The molecule has 2 N–H and O–H groups in total. The van der Waals surface area contributed by atoms with Gasteiger partial charge in [0.1, 0.15) is 11.5 Å². The fourth-order valence-corrected chi connectivity index (χ4v) is 3.10. The van der Waals surface area contributed by atoms with Crippen LogP contribution >= 0.6 is 11.5 Å². The second-order valence-corrected chi connectivity index (χ2v) is 7.16. The van der Waals surface area contributed by atoms with Crippen molar-refractivity contribution in [3.05, 3.63) is 71.6 Å². The molecule has 0 saturated carbocycles. The van der Waals surface area contributed by atoms with Gasteiger partial charge in [-0.05, 0) is 29.8 Å². The third kappa shape index (κ3) is 5.75. The fourth-order valence-electron chi connectivity index (χ4n) is 2.52. The third-order valence-electron chi connectivity index (χ3n) is 4.01. The van der Waals surface area contributed by atoms with Crippen molar-refractivity contribution < 1.29 is 22.8 Å². The monoisotopic (exact) mass is 450 g/mol. The number of benzene rings is 1. The molecule has 2 heterocycles. The summed E-state index contributed by atoms with van der Waals surface area (Å²) in [4.78, 5) is 32.5. The summed E-state index contributed by atoms with van der Waals surface area (Å²) in [5, 5.41) is 5.09. The standard InChI is InChI=1S/C19H17F3N6O2S/c1-28(16(29)19(21,22)14-7-2-3-8-23-14)11-15-25-18(31-27-15)26-17(30)24-10-12-5-4-6-13(20)9-12/h2-9H,10-11H2,1H3,(H2,24,25,26,27,30). The predicted molar refractivity (Wildman–Crippen MR) is 107 cm³/mol. The lowest BCUT2D eigenvalue weighted by molar-refractivity contribution is -0.158. The van der Waals surface area contributed by atoms with Gasteiger partial charge in [0.25, 0.3) is 5.91 Å². The van der Waals surface area contributed by atoms with Gasteiger partial charge in [-0.2, -0.15) is 13.2 Å². The van der Waals surface area contributed by atoms with Crippen LogP contribution in [0.4, 0.5) is 23.1 Å². The van der Waals surface area contributed by atoms with Gasteiger partial charge in [-0.15, -0.1) is 0 Å². The minimum absolute atomic E-state index is 0.0816. The number of likely N-dealkylation sites (N-methyl/N-ethyl adjacent to an activating group) is 1. The molecule has 0 saturated heterocycles. The van der Waals surface area contributed by atoms with Crippen LogP contribution in [0, 0.1) is 5.82 Å². The molecule has 8 nitrogen and oxygen atoms in total. The summed E-state index contributed by atoms with van der Waals surface area (Å²) in [5.74, 6) is -5.59. The van der Waals surface area contributed by atoms with Gasteiger partial charge in [-0.3, -0.25) is 15.1 Å². The topological polar surface area (TPSA) is 100 Å². The average Bonchev–Trinajstić information content (AvgIpc) is 3.18. The van der Waals surface area contributed by atoms with Gasteiger partial charge in [0.2, 0.25) is 5.13 Å². The zero-order valence-electron chi connectivity index (χ0n) is 16.2. The minimum Gasteiger partial charge on any atom is -0.334 e. The van der Waals surface area contributed by atoms with E-state index in [9.17, 15) is 22.8 Å². The molecule has 31 heavy (non-hydrogen) atoms. The number of rotatable bonds is 7. The van der Waals surface area contributed by atoms with Gasteiger partial charge in [0.05, 0.1) is 6.54 Å². The average molecular weight is 450 g/mol. The van der Waals surface area contributed by atoms with E-state index in [4.69, 9.17) is 0 Å². The van der Waals surface area contributed by atoms with E-state index in [1.807, 2.05) is 0 Å². The largest absolute Gasteiger partial charge is 0.366 e.